The van der Waals surface area contributed by atoms with Gasteiger partial charge >= 0.3 is 0 Å². The predicted molar refractivity (Wildman–Crippen MR) is 142 cm³/mol. The van der Waals surface area contributed by atoms with Crippen LogP contribution in [0, 0.1) is 5.92 Å². The summed E-state index contributed by atoms with van der Waals surface area (Å²) in [5.74, 6) is 3.34. The van der Waals surface area contributed by atoms with Crippen molar-refractivity contribution in [2.45, 2.75) is 31.7 Å². The Labute approximate surface area is 215 Å². The Hall–Kier alpha value is -2.48. The van der Waals surface area contributed by atoms with Gasteiger partial charge < -0.3 is 24.4 Å². The van der Waals surface area contributed by atoms with Crippen molar-refractivity contribution in [3.63, 3.8) is 0 Å². The summed E-state index contributed by atoms with van der Waals surface area (Å²) in [5.41, 5.74) is 1.22. The Morgan fingerprint density at radius 3 is 2.46 bits per heavy atom. The van der Waals surface area contributed by atoms with Crippen molar-refractivity contribution in [3.05, 3.63) is 34.4 Å². The van der Waals surface area contributed by atoms with E-state index in [2.05, 4.69) is 23.3 Å². The summed E-state index contributed by atoms with van der Waals surface area (Å²) in [6, 6.07) is 5.99. The summed E-state index contributed by atoms with van der Waals surface area (Å²) >= 11 is 13.5. The number of benzene rings is 1. The van der Waals surface area contributed by atoms with Crippen molar-refractivity contribution in [2.24, 2.45) is 5.92 Å². The molecule has 1 aliphatic heterocycles. The second-order valence-electron chi connectivity index (χ2n) is 9.29. The lowest BCUT2D eigenvalue weighted by Gasteiger charge is -2.25. The topological polar surface area (TPSA) is 68.7 Å². The summed E-state index contributed by atoms with van der Waals surface area (Å²) in [7, 11) is 5.22. The van der Waals surface area contributed by atoms with Crippen LogP contribution in [-0.2, 0) is 4.74 Å². The molecule has 3 heterocycles. The lowest BCUT2D eigenvalue weighted by Crippen LogP contribution is -2.30. The first-order valence-corrected chi connectivity index (χ1v) is 12.7. The number of methoxy groups -OCH3 is 2. The Morgan fingerprint density at radius 2 is 1.83 bits per heavy atom. The minimum Gasteiger partial charge on any atom is -0.495 e. The van der Waals surface area contributed by atoms with E-state index in [-0.39, 0.29) is 6.04 Å². The fourth-order valence-corrected chi connectivity index (χ4v) is 5.27. The van der Waals surface area contributed by atoms with Gasteiger partial charge in [0, 0.05) is 48.8 Å². The largest absolute Gasteiger partial charge is 0.495 e. The van der Waals surface area contributed by atoms with Gasteiger partial charge in [0.05, 0.1) is 42.6 Å². The third kappa shape index (κ3) is 5.08. The maximum Gasteiger partial charge on any atom is 0.141 e. The second-order valence-corrected chi connectivity index (χ2v) is 10.0. The van der Waals surface area contributed by atoms with Crippen LogP contribution in [0.15, 0.2) is 24.4 Å². The van der Waals surface area contributed by atoms with E-state index in [4.69, 9.17) is 47.4 Å². The van der Waals surface area contributed by atoms with Crippen LogP contribution >= 0.6 is 23.2 Å². The maximum atomic E-state index is 6.73. The number of hydrogen-bond donors (Lipinski definition) is 1. The normalized spacial score (nSPS) is 17.9. The van der Waals surface area contributed by atoms with Crippen LogP contribution in [0.25, 0.3) is 22.0 Å². The molecule has 1 saturated heterocycles. The molecule has 0 spiro atoms. The zero-order valence-electron chi connectivity index (χ0n) is 20.2. The van der Waals surface area contributed by atoms with Crippen LogP contribution in [0.1, 0.15) is 25.7 Å². The van der Waals surface area contributed by atoms with E-state index in [1.165, 1.54) is 12.8 Å². The standard InChI is InChI=1S/C26H30Cl2N4O3/c1-32(13-15-6-7-15)26-18-10-22(30-17-5-4-8-35-14-17)29-12-16(18)9-19(31-26)23-24(27)20(33-2)11-21(34-3)25(23)28/h9-12,15,17H,4-8,13-14H2,1-3H3,(H,29,30). The van der Waals surface area contributed by atoms with E-state index >= 15 is 0 Å². The Balaban J connectivity index is 1.63. The SMILES string of the molecule is COc1cc(OC)c(Cl)c(-c2cc3cnc(NC4CCCOC4)cc3c(N(C)CC3CC3)n2)c1Cl. The predicted octanol–water partition coefficient (Wildman–Crippen LogP) is 6.06. The molecule has 1 unspecified atom stereocenters. The van der Waals surface area contributed by atoms with Crippen LogP contribution < -0.4 is 19.7 Å². The third-order valence-electron chi connectivity index (χ3n) is 6.63. The van der Waals surface area contributed by atoms with Gasteiger partial charge in [-0.05, 0) is 43.7 Å². The molecule has 7 nitrogen and oxygen atoms in total. The Morgan fingerprint density at radius 1 is 1.09 bits per heavy atom. The number of nitrogens with one attached hydrogen (secondary N) is 1. The number of pyridine rings is 2. The zero-order valence-corrected chi connectivity index (χ0v) is 21.7. The summed E-state index contributed by atoms with van der Waals surface area (Å²) in [5, 5.41) is 6.29. The highest BCUT2D eigenvalue weighted by Crippen LogP contribution is 2.46. The molecule has 5 rings (SSSR count). The number of aromatic nitrogens is 2. The van der Waals surface area contributed by atoms with Crippen LogP contribution in [0.2, 0.25) is 10.0 Å². The van der Waals surface area contributed by atoms with Crippen LogP contribution in [-0.4, -0.2) is 57.0 Å². The highest BCUT2D eigenvalue weighted by molar-refractivity contribution is 6.41. The van der Waals surface area contributed by atoms with Crippen molar-refractivity contribution >= 4 is 45.6 Å². The van der Waals surface area contributed by atoms with Gasteiger partial charge in [-0.3, -0.25) is 0 Å². The molecule has 9 heteroatoms. The number of rotatable bonds is 8. The molecule has 2 aliphatic rings. The average molecular weight is 517 g/mol. The summed E-state index contributed by atoms with van der Waals surface area (Å²) < 4.78 is 16.6. The van der Waals surface area contributed by atoms with E-state index in [0.29, 0.717) is 45.3 Å². The number of anilines is 2. The molecular formula is C26H30Cl2N4O3. The maximum absolute atomic E-state index is 6.73. The van der Waals surface area contributed by atoms with Gasteiger partial charge in [0.1, 0.15) is 23.1 Å². The van der Waals surface area contributed by atoms with E-state index in [9.17, 15) is 0 Å². The van der Waals surface area contributed by atoms with E-state index < -0.39 is 0 Å². The number of nitrogens with zero attached hydrogens (tertiary/aromatic N) is 3. The minimum atomic E-state index is 0.260. The second kappa shape index (κ2) is 10.2. The lowest BCUT2D eigenvalue weighted by atomic mass is 10.1. The molecule has 1 aliphatic carbocycles. The molecule has 0 radical (unpaired) electrons. The molecule has 1 atom stereocenters. The van der Waals surface area contributed by atoms with Gasteiger partial charge in [0.25, 0.3) is 0 Å². The first-order chi connectivity index (χ1) is 17.0. The number of ether oxygens (including phenoxy) is 3. The van der Waals surface area contributed by atoms with Crippen LogP contribution in [0.5, 0.6) is 11.5 Å². The highest BCUT2D eigenvalue weighted by atomic mass is 35.5. The first-order valence-electron chi connectivity index (χ1n) is 11.9. The van der Waals surface area contributed by atoms with Crippen molar-refractivity contribution in [3.8, 4) is 22.8 Å². The van der Waals surface area contributed by atoms with Gasteiger partial charge in [-0.25, -0.2) is 9.97 Å². The van der Waals surface area contributed by atoms with E-state index in [1.807, 2.05) is 12.3 Å². The number of fused-ring (bicyclic) bond motifs is 1. The molecular weight excluding hydrogens is 487 g/mol. The summed E-state index contributed by atoms with van der Waals surface area (Å²) in [4.78, 5) is 12.0. The smallest absolute Gasteiger partial charge is 0.141 e. The average Bonchev–Trinajstić information content (AvgIpc) is 3.68. The molecule has 1 N–H and O–H groups in total. The minimum absolute atomic E-state index is 0.260. The molecule has 2 aromatic heterocycles. The fourth-order valence-electron chi connectivity index (χ4n) is 4.57. The van der Waals surface area contributed by atoms with Gasteiger partial charge in [-0.1, -0.05) is 23.2 Å². The fraction of sp³-hybridized carbons (Fsp3) is 0.462. The number of halogens is 2. The molecule has 0 bridgehead atoms. The quantitative estimate of drug-likeness (QED) is 0.390. The monoisotopic (exact) mass is 516 g/mol. The summed E-state index contributed by atoms with van der Waals surface area (Å²) in [6.07, 6.45) is 6.50. The molecule has 3 aromatic rings. The van der Waals surface area contributed by atoms with Crippen molar-refractivity contribution < 1.29 is 14.2 Å². The van der Waals surface area contributed by atoms with Gasteiger partial charge in [0.2, 0.25) is 0 Å². The third-order valence-corrected chi connectivity index (χ3v) is 7.38. The number of hydrogen-bond acceptors (Lipinski definition) is 7. The Kier molecular flexibility index (Phi) is 7.09. The molecule has 186 valence electrons. The van der Waals surface area contributed by atoms with E-state index in [1.54, 1.807) is 20.3 Å². The molecule has 1 aromatic carbocycles. The molecule has 0 amide bonds. The molecule has 1 saturated carbocycles. The Bertz CT molecular complexity index is 1200. The molecule has 2 fully saturated rings. The first kappa shape index (κ1) is 24.2. The van der Waals surface area contributed by atoms with Crippen molar-refractivity contribution in [2.75, 3.05) is 51.2 Å². The van der Waals surface area contributed by atoms with Crippen LogP contribution in [0.4, 0.5) is 11.6 Å². The lowest BCUT2D eigenvalue weighted by molar-refractivity contribution is 0.0875. The van der Waals surface area contributed by atoms with Crippen molar-refractivity contribution in [1.82, 2.24) is 9.97 Å². The van der Waals surface area contributed by atoms with Gasteiger partial charge in [0.15, 0.2) is 0 Å². The molecule has 35 heavy (non-hydrogen) atoms. The zero-order chi connectivity index (χ0) is 24.5. The van der Waals surface area contributed by atoms with E-state index in [0.717, 1.165) is 48.4 Å². The van der Waals surface area contributed by atoms with Crippen molar-refractivity contribution in [1.29, 1.82) is 0 Å². The van der Waals surface area contributed by atoms with Gasteiger partial charge in [-0.15, -0.1) is 0 Å². The highest BCUT2D eigenvalue weighted by Gasteiger charge is 2.26. The van der Waals surface area contributed by atoms with Gasteiger partial charge in [-0.2, -0.15) is 0 Å². The summed E-state index contributed by atoms with van der Waals surface area (Å²) in [6.45, 7) is 2.46. The van der Waals surface area contributed by atoms with Crippen LogP contribution in [0.3, 0.4) is 0 Å².